The Morgan fingerprint density at radius 2 is 1.78 bits per heavy atom. The maximum atomic E-state index is 12.3. The van der Waals surface area contributed by atoms with Crippen LogP contribution in [0.5, 0.6) is 0 Å². The number of aliphatic hydroxyl groups is 1. The highest BCUT2D eigenvalue weighted by Crippen LogP contribution is 2.23. The lowest BCUT2D eigenvalue weighted by atomic mass is 9.93. The first-order chi connectivity index (χ1) is 8.50. The Hall–Kier alpha value is -0.170. The van der Waals surface area contributed by atoms with E-state index in [0.29, 0.717) is 13.0 Å². The number of hydrogen-bond donors (Lipinski definition) is 2. The quantitative estimate of drug-likeness (QED) is 0.808. The number of aliphatic hydroxyl groups excluding tert-OH is 1. The molecule has 0 aromatic rings. The largest absolute Gasteiger partial charge is 0.391 e. The molecular weight excluding hydrogens is 252 g/mol. The summed E-state index contributed by atoms with van der Waals surface area (Å²) in [6.45, 7) is 2.55. The van der Waals surface area contributed by atoms with Crippen LogP contribution in [0.15, 0.2) is 0 Å². The Morgan fingerprint density at radius 1 is 1.11 bits per heavy atom. The molecule has 0 radical (unpaired) electrons. The van der Waals surface area contributed by atoms with Crippen LogP contribution in [0.4, 0.5) is 0 Å². The summed E-state index contributed by atoms with van der Waals surface area (Å²) in [6.07, 6.45) is 5.82. The first kappa shape index (κ1) is 14.2. The first-order valence-electron chi connectivity index (χ1n) is 6.98. The van der Waals surface area contributed by atoms with Crippen LogP contribution in [0.1, 0.15) is 51.9 Å². The van der Waals surface area contributed by atoms with Crippen LogP contribution < -0.4 is 4.72 Å². The summed E-state index contributed by atoms with van der Waals surface area (Å²) in [5.41, 5.74) is 0. The molecule has 2 rings (SSSR count). The molecule has 3 atom stereocenters. The van der Waals surface area contributed by atoms with Crippen molar-refractivity contribution in [2.24, 2.45) is 0 Å². The van der Waals surface area contributed by atoms with Crippen LogP contribution in [0, 0.1) is 0 Å². The maximum Gasteiger partial charge on any atom is 0.280 e. The van der Waals surface area contributed by atoms with Crippen molar-refractivity contribution in [1.82, 2.24) is 9.03 Å². The van der Waals surface area contributed by atoms with Gasteiger partial charge in [-0.1, -0.05) is 19.3 Å². The Bertz CT molecular complexity index is 372. The van der Waals surface area contributed by atoms with Crippen molar-refractivity contribution in [3.8, 4) is 0 Å². The molecule has 106 valence electrons. The van der Waals surface area contributed by atoms with E-state index in [2.05, 4.69) is 4.72 Å². The molecule has 18 heavy (non-hydrogen) atoms. The molecule has 0 amide bonds. The number of piperidine rings is 1. The van der Waals surface area contributed by atoms with Gasteiger partial charge in [-0.2, -0.15) is 17.4 Å². The lowest BCUT2D eigenvalue weighted by Gasteiger charge is -2.35. The lowest BCUT2D eigenvalue weighted by Crippen LogP contribution is -2.53. The van der Waals surface area contributed by atoms with Gasteiger partial charge in [-0.15, -0.1) is 0 Å². The van der Waals surface area contributed by atoms with E-state index < -0.39 is 16.3 Å². The van der Waals surface area contributed by atoms with E-state index in [1.807, 2.05) is 6.92 Å². The van der Waals surface area contributed by atoms with Crippen molar-refractivity contribution in [1.29, 1.82) is 0 Å². The molecule has 1 saturated carbocycles. The molecule has 5 nitrogen and oxygen atoms in total. The minimum Gasteiger partial charge on any atom is -0.391 e. The Labute approximate surface area is 110 Å². The summed E-state index contributed by atoms with van der Waals surface area (Å²) < 4.78 is 28.9. The van der Waals surface area contributed by atoms with Crippen molar-refractivity contribution < 1.29 is 13.5 Å². The Balaban J connectivity index is 2.01. The van der Waals surface area contributed by atoms with Gasteiger partial charge in [0.1, 0.15) is 0 Å². The van der Waals surface area contributed by atoms with Gasteiger partial charge in [-0.05, 0) is 32.6 Å². The van der Waals surface area contributed by atoms with Gasteiger partial charge in [0.15, 0.2) is 0 Å². The molecule has 0 spiro atoms. The molecule has 1 saturated heterocycles. The minimum absolute atomic E-state index is 0.0667. The highest BCUT2D eigenvalue weighted by atomic mass is 32.2. The topological polar surface area (TPSA) is 69.6 Å². The highest BCUT2D eigenvalue weighted by molar-refractivity contribution is 7.87. The molecule has 3 unspecified atom stereocenters. The van der Waals surface area contributed by atoms with Crippen LogP contribution in [-0.4, -0.2) is 42.6 Å². The summed E-state index contributed by atoms with van der Waals surface area (Å²) >= 11 is 0. The van der Waals surface area contributed by atoms with Gasteiger partial charge in [0.25, 0.3) is 10.2 Å². The van der Waals surface area contributed by atoms with Gasteiger partial charge in [0.2, 0.25) is 0 Å². The van der Waals surface area contributed by atoms with Gasteiger partial charge in [0, 0.05) is 18.6 Å². The maximum absolute atomic E-state index is 12.3. The van der Waals surface area contributed by atoms with Crippen LogP contribution in [0.2, 0.25) is 0 Å². The Morgan fingerprint density at radius 3 is 2.44 bits per heavy atom. The molecule has 6 heteroatoms. The third-order valence-corrected chi connectivity index (χ3v) is 5.84. The normalized spacial score (nSPS) is 35.6. The van der Waals surface area contributed by atoms with Gasteiger partial charge >= 0.3 is 0 Å². The van der Waals surface area contributed by atoms with Gasteiger partial charge in [0.05, 0.1) is 6.10 Å². The molecule has 1 aliphatic carbocycles. The molecule has 2 fully saturated rings. The second-order valence-corrected chi connectivity index (χ2v) is 7.19. The first-order valence-corrected chi connectivity index (χ1v) is 8.42. The van der Waals surface area contributed by atoms with E-state index in [1.54, 1.807) is 4.31 Å². The molecule has 2 aliphatic rings. The number of hydrogen-bond acceptors (Lipinski definition) is 3. The number of rotatable bonds is 3. The standard InChI is InChI=1S/C12H24N2O3S/c1-10-6-4-5-9-14(10)18(16,17)13-11-7-2-3-8-12(11)15/h10-13,15H,2-9H2,1H3. The van der Waals surface area contributed by atoms with E-state index in [4.69, 9.17) is 0 Å². The minimum atomic E-state index is -3.44. The molecule has 0 aromatic heterocycles. The summed E-state index contributed by atoms with van der Waals surface area (Å²) in [6, 6.07) is -0.241. The van der Waals surface area contributed by atoms with Crippen molar-refractivity contribution in [2.75, 3.05) is 6.54 Å². The fourth-order valence-corrected chi connectivity index (χ4v) is 4.68. The average molecular weight is 276 g/mol. The molecule has 1 heterocycles. The fourth-order valence-electron chi connectivity index (χ4n) is 2.94. The third-order valence-electron chi connectivity index (χ3n) is 4.08. The second-order valence-electron chi connectivity index (χ2n) is 5.54. The van der Waals surface area contributed by atoms with Gasteiger partial charge in [-0.25, -0.2) is 0 Å². The highest BCUT2D eigenvalue weighted by Gasteiger charge is 2.33. The van der Waals surface area contributed by atoms with Gasteiger partial charge < -0.3 is 5.11 Å². The average Bonchev–Trinajstić information content (AvgIpc) is 2.32. The van der Waals surface area contributed by atoms with Crippen LogP contribution in [-0.2, 0) is 10.2 Å². The molecule has 2 N–H and O–H groups in total. The third kappa shape index (κ3) is 3.23. The zero-order chi connectivity index (χ0) is 13.2. The van der Waals surface area contributed by atoms with E-state index >= 15 is 0 Å². The molecule has 0 bridgehead atoms. The van der Waals surface area contributed by atoms with Crippen molar-refractivity contribution in [3.05, 3.63) is 0 Å². The summed E-state index contributed by atoms with van der Waals surface area (Å²) in [4.78, 5) is 0. The number of nitrogens with one attached hydrogen (secondary N) is 1. The zero-order valence-corrected chi connectivity index (χ0v) is 11.8. The number of nitrogens with zero attached hydrogens (tertiary/aromatic N) is 1. The van der Waals surface area contributed by atoms with E-state index in [-0.39, 0.29) is 12.1 Å². The second kappa shape index (κ2) is 5.86. The predicted molar refractivity (Wildman–Crippen MR) is 70.3 cm³/mol. The monoisotopic (exact) mass is 276 g/mol. The van der Waals surface area contributed by atoms with Crippen LogP contribution in [0.25, 0.3) is 0 Å². The van der Waals surface area contributed by atoms with E-state index in [9.17, 15) is 13.5 Å². The summed E-state index contributed by atoms with van der Waals surface area (Å²) in [7, 11) is -3.44. The lowest BCUT2D eigenvalue weighted by molar-refractivity contribution is 0.0995. The summed E-state index contributed by atoms with van der Waals surface area (Å²) in [5, 5.41) is 9.85. The van der Waals surface area contributed by atoms with Crippen molar-refractivity contribution in [3.63, 3.8) is 0 Å². The van der Waals surface area contributed by atoms with Crippen molar-refractivity contribution >= 4 is 10.2 Å². The van der Waals surface area contributed by atoms with Gasteiger partial charge in [-0.3, -0.25) is 0 Å². The van der Waals surface area contributed by atoms with Crippen LogP contribution >= 0.6 is 0 Å². The van der Waals surface area contributed by atoms with Crippen LogP contribution in [0.3, 0.4) is 0 Å². The van der Waals surface area contributed by atoms with E-state index in [0.717, 1.165) is 38.5 Å². The van der Waals surface area contributed by atoms with Crippen molar-refractivity contribution in [2.45, 2.75) is 70.1 Å². The smallest absolute Gasteiger partial charge is 0.280 e. The fraction of sp³-hybridized carbons (Fsp3) is 1.00. The van der Waals surface area contributed by atoms with E-state index in [1.165, 1.54) is 0 Å². The predicted octanol–water partition coefficient (Wildman–Crippen LogP) is 0.999. The SMILES string of the molecule is CC1CCCCN1S(=O)(=O)NC1CCCCC1O. The zero-order valence-electron chi connectivity index (χ0n) is 11.0. The Kier molecular flexibility index (Phi) is 4.64. The molecular formula is C12H24N2O3S. The molecule has 1 aliphatic heterocycles. The molecule has 0 aromatic carbocycles. The summed E-state index contributed by atoms with van der Waals surface area (Å²) in [5.74, 6) is 0.